The number of pyridine rings is 1. The minimum absolute atomic E-state index is 0.0235. The molecule has 7 rings (SSSR count). The van der Waals surface area contributed by atoms with E-state index in [1.807, 2.05) is 41.3 Å². The number of piperidine rings is 1. The summed E-state index contributed by atoms with van der Waals surface area (Å²) in [4.78, 5) is 45.7. The number of fused-ring (bicyclic) bond motifs is 3. The van der Waals surface area contributed by atoms with Crippen LogP contribution in [-0.4, -0.2) is 53.7 Å². The predicted molar refractivity (Wildman–Crippen MR) is 171 cm³/mol. The molecule has 0 aliphatic carbocycles. The molecule has 2 N–H and O–H groups in total. The van der Waals surface area contributed by atoms with E-state index >= 15 is 4.39 Å². The molecule has 232 valence electrons. The molecule has 1 atom stereocenters. The third kappa shape index (κ3) is 5.36. The molecule has 2 amide bonds. The van der Waals surface area contributed by atoms with Gasteiger partial charge in [0.2, 0.25) is 5.43 Å². The number of alkyl carbamates (subject to hydrolysis) is 1. The summed E-state index contributed by atoms with van der Waals surface area (Å²) in [6.07, 6.45) is 4.03. The van der Waals surface area contributed by atoms with Gasteiger partial charge in [-0.3, -0.25) is 9.59 Å². The van der Waals surface area contributed by atoms with Gasteiger partial charge >= 0.3 is 6.09 Å². The number of rotatable bonds is 3. The highest BCUT2D eigenvalue weighted by Gasteiger charge is 2.34. The van der Waals surface area contributed by atoms with E-state index in [0.717, 1.165) is 23.6 Å². The second-order valence-corrected chi connectivity index (χ2v) is 12.8. The first-order chi connectivity index (χ1) is 21.6. The molecular weight excluding hydrogens is 577 g/mol. The van der Waals surface area contributed by atoms with Gasteiger partial charge in [0.1, 0.15) is 28.2 Å². The van der Waals surface area contributed by atoms with Crippen molar-refractivity contribution in [3.8, 4) is 17.2 Å². The van der Waals surface area contributed by atoms with Gasteiger partial charge in [-0.25, -0.2) is 9.18 Å². The average Bonchev–Trinajstić information content (AvgIpc) is 3.44. The standard InChI is InChI=1S/C34H34FN5O5/c1-34(2,3)45-33(43)37-21-11-13-39(17-21)29-24(35)16-22-28-31(29)44-26-15-20-9-5-4-8-19(20)14-25(26)40(28)18-23(30(22)41)32(42)38-27-10-6-7-12-36-27/h4-5,8-9,14-16,18,21H,6-7,10-13,17H2,1-3H3,(H,37,43)(H,36,38,42). The van der Waals surface area contributed by atoms with Crippen LogP contribution in [0.15, 0.2) is 58.4 Å². The number of benzene rings is 3. The molecule has 2 fully saturated rings. The number of anilines is 1. The Bertz CT molecular complexity index is 1970. The number of hydrogen-bond donors (Lipinski definition) is 2. The molecule has 45 heavy (non-hydrogen) atoms. The molecule has 0 bridgehead atoms. The Morgan fingerprint density at radius 2 is 1.91 bits per heavy atom. The summed E-state index contributed by atoms with van der Waals surface area (Å²) in [6.45, 7) is 6.84. The Kier molecular flexibility index (Phi) is 6.98. The van der Waals surface area contributed by atoms with Gasteiger partial charge in [-0.05, 0) is 69.0 Å². The number of ether oxygens (including phenoxy) is 2. The Morgan fingerprint density at radius 1 is 1.13 bits per heavy atom. The minimum atomic E-state index is -0.675. The first-order valence-electron chi connectivity index (χ1n) is 15.3. The fraction of sp³-hybridized carbons (Fsp3) is 0.353. The number of nitrogens with zero attached hydrogens (tertiary/aromatic N) is 3. The van der Waals surface area contributed by atoms with E-state index in [4.69, 9.17) is 9.47 Å². The number of halogens is 1. The fourth-order valence-electron chi connectivity index (χ4n) is 6.31. The van der Waals surface area contributed by atoms with Crippen molar-refractivity contribution in [2.45, 2.75) is 58.1 Å². The molecule has 0 saturated carbocycles. The molecule has 1 unspecified atom stereocenters. The van der Waals surface area contributed by atoms with Crippen LogP contribution in [0.25, 0.3) is 27.4 Å². The minimum Gasteiger partial charge on any atom is -0.451 e. The lowest BCUT2D eigenvalue weighted by molar-refractivity contribution is 0.0509. The second-order valence-electron chi connectivity index (χ2n) is 12.8. The van der Waals surface area contributed by atoms with E-state index < -0.39 is 28.8 Å². The van der Waals surface area contributed by atoms with Crippen molar-refractivity contribution < 1.29 is 23.5 Å². The number of nitrogens with one attached hydrogen (secondary N) is 2. The van der Waals surface area contributed by atoms with Crippen LogP contribution >= 0.6 is 0 Å². The Balaban J connectivity index is 1.36. The van der Waals surface area contributed by atoms with Gasteiger partial charge in [-0.2, -0.15) is 4.99 Å². The number of carbonyl (C=O) groups excluding carboxylic acids is 2. The molecule has 0 spiro atoms. The molecular formula is C34H34FN5O5. The highest BCUT2D eigenvalue weighted by atomic mass is 19.1. The monoisotopic (exact) mass is 611 g/mol. The van der Waals surface area contributed by atoms with E-state index in [-0.39, 0.29) is 28.4 Å². The summed E-state index contributed by atoms with van der Waals surface area (Å²) in [7, 11) is 0. The molecule has 4 aromatic rings. The van der Waals surface area contributed by atoms with Crippen LogP contribution in [-0.2, 0) is 4.74 Å². The summed E-state index contributed by atoms with van der Waals surface area (Å²) in [6, 6.07) is 12.5. The molecule has 3 aliphatic heterocycles. The summed E-state index contributed by atoms with van der Waals surface area (Å²) < 4.78 is 29.8. The zero-order valence-electron chi connectivity index (χ0n) is 25.4. The maximum Gasteiger partial charge on any atom is 0.407 e. The van der Waals surface area contributed by atoms with Crippen LogP contribution in [0.2, 0.25) is 0 Å². The zero-order valence-corrected chi connectivity index (χ0v) is 25.4. The molecule has 3 aromatic carbocycles. The van der Waals surface area contributed by atoms with Crippen molar-refractivity contribution in [2.24, 2.45) is 4.99 Å². The van der Waals surface area contributed by atoms with Gasteiger partial charge in [0.05, 0.1) is 17.1 Å². The lowest BCUT2D eigenvalue weighted by atomic mass is 10.0. The summed E-state index contributed by atoms with van der Waals surface area (Å²) in [5, 5.41) is 7.89. The normalized spacial score (nSPS) is 18.4. The maximum atomic E-state index is 16.2. The van der Waals surface area contributed by atoms with Crippen molar-refractivity contribution in [2.75, 3.05) is 24.5 Å². The average molecular weight is 612 g/mol. The smallest absolute Gasteiger partial charge is 0.407 e. The van der Waals surface area contributed by atoms with Gasteiger partial charge in [-0.15, -0.1) is 0 Å². The van der Waals surface area contributed by atoms with E-state index in [1.54, 1.807) is 25.3 Å². The van der Waals surface area contributed by atoms with Crippen LogP contribution in [0.5, 0.6) is 11.5 Å². The van der Waals surface area contributed by atoms with E-state index in [1.165, 1.54) is 12.3 Å². The highest BCUT2D eigenvalue weighted by molar-refractivity contribution is 6.06. The largest absolute Gasteiger partial charge is 0.451 e. The molecule has 10 nitrogen and oxygen atoms in total. The first-order valence-corrected chi connectivity index (χ1v) is 15.3. The van der Waals surface area contributed by atoms with Gasteiger partial charge in [0, 0.05) is 32.3 Å². The van der Waals surface area contributed by atoms with Crippen LogP contribution in [0, 0.1) is 5.82 Å². The molecule has 1 aromatic heterocycles. The Hall–Kier alpha value is -4.93. The van der Waals surface area contributed by atoms with Crippen molar-refractivity contribution >= 4 is 45.2 Å². The summed E-state index contributed by atoms with van der Waals surface area (Å²) >= 11 is 0. The maximum absolute atomic E-state index is 16.2. The van der Waals surface area contributed by atoms with Crippen LogP contribution in [0.1, 0.15) is 56.8 Å². The molecule has 2 saturated heterocycles. The van der Waals surface area contributed by atoms with E-state index in [9.17, 15) is 14.4 Å². The van der Waals surface area contributed by atoms with E-state index in [2.05, 4.69) is 15.6 Å². The SMILES string of the molecule is CC(C)(C)OC(=O)NC1CCN(c2c(F)cc3c(=O)c(C(=O)/N=C4/CCCCN4)cn4c3c2Oc2cc3ccccc3cc2-4)C1. The molecule has 4 heterocycles. The van der Waals surface area contributed by atoms with Gasteiger partial charge in [-0.1, -0.05) is 24.3 Å². The van der Waals surface area contributed by atoms with Crippen LogP contribution < -0.4 is 25.7 Å². The number of amidine groups is 1. The zero-order chi connectivity index (χ0) is 31.5. The van der Waals surface area contributed by atoms with Crippen LogP contribution in [0.3, 0.4) is 0 Å². The number of hydrogen-bond acceptors (Lipinski definition) is 6. The summed E-state index contributed by atoms with van der Waals surface area (Å²) in [5.41, 5.74) is -0.241. The molecule has 3 aliphatic rings. The van der Waals surface area contributed by atoms with Crippen molar-refractivity contribution in [3.63, 3.8) is 0 Å². The quantitative estimate of drug-likeness (QED) is 0.265. The molecule has 0 radical (unpaired) electrons. The van der Waals surface area contributed by atoms with Crippen molar-refractivity contribution in [3.05, 3.63) is 70.3 Å². The lowest BCUT2D eigenvalue weighted by Crippen LogP contribution is -2.40. The second kappa shape index (κ2) is 10.9. The van der Waals surface area contributed by atoms with Crippen molar-refractivity contribution in [1.29, 1.82) is 0 Å². The number of aliphatic imine (C=N–C) groups is 1. The van der Waals surface area contributed by atoms with Crippen LogP contribution in [0.4, 0.5) is 14.9 Å². The fourth-order valence-corrected chi connectivity index (χ4v) is 6.31. The Labute approximate surface area is 258 Å². The summed E-state index contributed by atoms with van der Waals surface area (Å²) in [5.74, 6) is -0.148. The predicted octanol–water partition coefficient (Wildman–Crippen LogP) is 5.80. The van der Waals surface area contributed by atoms with E-state index in [0.29, 0.717) is 55.3 Å². The van der Waals surface area contributed by atoms with Crippen molar-refractivity contribution in [1.82, 2.24) is 15.2 Å². The number of aromatic nitrogens is 1. The van der Waals surface area contributed by atoms with Gasteiger partial charge in [0.25, 0.3) is 5.91 Å². The lowest BCUT2D eigenvalue weighted by Gasteiger charge is -2.29. The highest BCUT2D eigenvalue weighted by Crippen LogP contribution is 2.48. The third-order valence-electron chi connectivity index (χ3n) is 8.33. The number of amides is 2. The van der Waals surface area contributed by atoms with Gasteiger partial charge in [0.15, 0.2) is 17.3 Å². The third-order valence-corrected chi connectivity index (χ3v) is 8.33. The molecule has 11 heteroatoms. The topological polar surface area (TPSA) is 114 Å². The van der Waals surface area contributed by atoms with Gasteiger partial charge < -0.3 is 29.6 Å². The first kappa shape index (κ1) is 28.8. The number of carbonyl (C=O) groups is 2. The Morgan fingerprint density at radius 3 is 2.64 bits per heavy atom.